The third kappa shape index (κ3) is 7.58. The van der Waals surface area contributed by atoms with Gasteiger partial charge in [0.15, 0.2) is 0 Å². The normalized spacial score (nSPS) is 11.8. The number of sulfonamides is 1. The monoisotopic (exact) mass is 581 g/mol. The van der Waals surface area contributed by atoms with Crippen LogP contribution >= 0.6 is 0 Å². The molecule has 0 saturated carbocycles. The van der Waals surface area contributed by atoms with Crippen molar-refractivity contribution in [3.8, 4) is 11.5 Å². The first kappa shape index (κ1) is 31.5. The van der Waals surface area contributed by atoms with Gasteiger partial charge in [-0.15, -0.1) is 0 Å². The molecule has 0 fully saturated rings. The lowest BCUT2D eigenvalue weighted by Gasteiger charge is -2.33. The molecule has 3 aromatic carbocycles. The van der Waals surface area contributed by atoms with Crippen molar-refractivity contribution >= 4 is 27.5 Å². The highest BCUT2D eigenvalue weighted by Crippen LogP contribution is 2.33. The van der Waals surface area contributed by atoms with Crippen molar-refractivity contribution in [2.45, 2.75) is 51.1 Å². The van der Waals surface area contributed by atoms with E-state index in [2.05, 4.69) is 5.32 Å². The number of rotatable bonds is 14. The van der Waals surface area contributed by atoms with Crippen molar-refractivity contribution in [2.75, 3.05) is 31.6 Å². The second-order valence-electron chi connectivity index (χ2n) is 9.52. The molecule has 2 amide bonds. The van der Waals surface area contributed by atoms with Crippen molar-refractivity contribution in [3.05, 3.63) is 83.9 Å². The van der Waals surface area contributed by atoms with Gasteiger partial charge < -0.3 is 19.7 Å². The van der Waals surface area contributed by atoms with Crippen LogP contribution in [0.2, 0.25) is 0 Å². The quantitative estimate of drug-likeness (QED) is 0.300. The second-order valence-corrected chi connectivity index (χ2v) is 11.4. The van der Waals surface area contributed by atoms with Gasteiger partial charge in [-0.1, -0.05) is 50.2 Å². The average molecular weight is 582 g/mol. The fourth-order valence-electron chi connectivity index (χ4n) is 4.48. The second kappa shape index (κ2) is 14.5. The molecule has 0 aliphatic rings. The number of nitrogens with zero attached hydrogens (tertiary/aromatic N) is 2. The van der Waals surface area contributed by atoms with Gasteiger partial charge in [-0.3, -0.25) is 13.9 Å². The fraction of sp³-hybridized carbons (Fsp3) is 0.355. The molecule has 0 spiro atoms. The average Bonchev–Trinajstić information content (AvgIpc) is 2.99. The lowest BCUT2D eigenvalue weighted by molar-refractivity contribution is -0.140. The molecule has 0 aromatic heterocycles. The van der Waals surface area contributed by atoms with Gasteiger partial charge in [0.05, 0.1) is 24.8 Å². The third-order valence-electron chi connectivity index (χ3n) is 6.82. The van der Waals surface area contributed by atoms with Crippen LogP contribution in [-0.4, -0.2) is 58.5 Å². The maximum absolute atomic E-state index is 14.2. The van der Waals surface area contributed by atoms with Crippen LogP contribution in [0.25, 0.3) is 0 Å². The van der Waals surface area contributed by atoms with E-state index in [4.69, 9.17) is 9.47 Å². The van der Waals surface area contributed by atoms with Gasteiger partial charge in [0.2, 0.25) is 11.8 Å². The molecule has 3 rings (SSSR count). The van der Waals surface area contributed by atoms with Gasteiger partial charge in [0.1, 0.15) is 24.1 Å². The highest BCUT2D eigenvalue weighted by Gasteiger charge is 2.34. The number of carbonyl (C=O) groups is 2. The van der Waals surface area contributed by atoms with Crippen LogP contribution in [0.3, 0.4) is 0 Å². The van der Waals surface area contributed by atoms with Gasteiger partial charge in [0, 0.05) is 13.1 Å². The van der Waals surface area contributed by atoms with Gasteiger partial charge in [-0.05, 0) is 67.3 Å². The Labute approximate surface area is 243 Å². The summed E-state index contributed by atoms with van der Waals surface area (Å²) in [6.45, 7) is 5.80. The summed E-state index contributed by atoms with van der Waals surface area (Å²) in [6.07, 6.45) is 1.10. The van der Waals surface area contributed by atoms with Crippen LogP contribution < -0.4 is 19.1 Å². The molecule has 10 heteroatoms. The maximum Gasteiger partial charge on any atom is 0.264 e. The number of benzene rings is 3. The zero-order valence-corrected chi connectivity index (χ0v) is 25.1. The minimum absolute atomic E-state index is 0.0183. The number of hydrogen-bond donors (Lipinski definition) is 1. The standard InChI is InChI=1S/C31H39N3O6S/c1-6-20-32-31(36)27(7-2)33(21-24-13-9-8-12-23(24)3)30(35)22-34(28-14-10-11-15-29(28)40-5)41(37,38)26-18-16-25(39-4)17-19-26/h8-19,27H,6-7,20-22H2,1-5H3,(H,32,36)/t27-/m1/s1. The Morgan fingerprint density at radius 3 is 2.17 bits per heavy atom. The molecular weight excluding hydrogens is 542 g/mol. The first-order chi connectivity index (χ1) is 19.7. The van der Waals surface area contributed by atoms with Crippen LogP contribution in [0, 0.1) is 6.92 Å². The molecule has 1 N–H and O–H groups in total. The zero-order chi connectivity index (χ0) is 30.0. The Morgan fingerprint density at radius 2 is 1.56 bits per heavy atom. The molecule has 0 bridgehead atoms. The van der Waals surface area contributed by atoms with Crippen LogP contribution in [0.15, 0.2) is 77.7 Å². The topological polar surface area (TPSA) is 105 Å². The number of ether oxygens (including phenoxy) is 2. The van der Waals surface area contributed by atoms with E-state index < -0.39 is 28.5 Å². The van der Waals surface area contributed by atoms with E-state index in [0.717, 1.165) is 21.9 Å². The molecule has 220 valence electrons. The van der Waals surface area contributed by atoms with Gasteiger partial charge in [-0.2, -0.15) is 0 Å². The predicted molar refractivity (Wildman–Crippen MR) is 160 cm³/mol. The summed E-state index contributed by atoms with van der Waals surface area (Å²) < 4.78 is 39.8. The van der Waals surface area contributed by atoms with E-state index in [-0.39, 0.29) is 28.8 Å². The highest BCUT2D eigenvalue weighted by molar-refractivity contribution is 7.92. The number of hydrogen-bond acceptors (Lipinski definition) is 6. The minimum Gasteiger partial charge on any atom is -0.497 e. The third-order valence-corrected chi connectivity index (χ3v) is 8.59. The van der Waals surface area contributed by atoms with Gasteiger partial charge in [0.25, 0.3) is 10.0 Å². The van der Waals surface area contributed by atoms with Crippen molar-refractivity contribution in [1.82, 2.24) is 10.2 Å². The summed E-state index contributed by atoms with van der Waals surface area (Å²) >= 11 is 0. The van der Waals surface area contributed by atoms with Crippen molar-refractivity contribution < 1.29 is 27.5 Å². The first-order valence-corrected chi connectivity index (χ1v) is 15.0. The van der Waals surface area contributed by atoms with E-state index in [1.165, 1.54) is 31.3 Å². The van der Waals surface area contributed by atoms with Crippen molar-refractivity contribution in [2.24, 2.45) is 0 Å². The van der Waals surface area contributed by atoms with Gasteiger partial charge in [-0.25, -0.2) is 8.42 Å². The molecule has 3 aromatic rings. The lowest BCUT2D eigenvalue weighted by Crippen LogP contribution is -2.52. The summed E-state index contributed by atoms with van der Waals surface area (Å²) in [5, 5.41) is 2.89. The molecule has 0 aliphatic heterocycles. The fourth-order valence-corrected chi connectivity index (χ4v) is 5.91. The smallest absolute Gasteiger partial charge is 0.264 e. The van der Waals surface area contributed by atoms with E-state index in [9.17, 15) is 18.0 Å². The van der Waals surface area contributed by atoms with E-state index in [1.54, 1.807) is 36.4 Å². The largest absolute Gasteiger partial charge is 0.497 e. The highest BCUT2D eigenvalue weighted by atomic mass is 32.2. The Balaban J connectivity index is 2.10. The molecular formula is C31H39N3O6S. The number of aryl methyl sites for hydroxylation is 1. The summed E-state index contributed by atoms with van der Waals surface area (Å²) in [7, 11) is -1.31. The van der Waals surface area contributed by atoms with Crippen molar-refractivity contribution in [1.29, 1.82) is 0 Å². The Kier molecular flexibility index (Phi) is 11.2. The van der Waals surface area contributed by atoms with Gasteiger partial charge >= 0.3 is 0 Å². The predicted octanol–water partition coefficient (Wildman–Crippen LogP) is 4.54. The Bertz CT molecular complexity index is 1430. The summed E-state index contributed by atoms with van der Waals surface area (Å²) in [5.74, 6) is -0.0133. The van der Waals surface area contributed by atoms with Crippen molar-refractivity contribution in [3.63, 3.8) is 0 Å². The number of anilines is 1. The van der Waals surface area contributed by atoms with E-state index >= 15 is 0 Å². The van der Waals surface area contributed by atoms with Crippen LogP contribution in [0.4, 0.5) is 5.69 Å². The van der Waals surface area contributed by atoms with E-state index in [1.807, 2.05) is 45.0 Å². The summed E-state index contributed by atoms with van der Waals surface area (Å²) in [6, 6.07) is 19.4. The lowest BCUT2D eigenvalue weighted by atomic mass is 10.1. The zero-order valence-electron chi connectivity index (χ0n) is 24.3. The molecule has 0 heterocycles. The Hall–Kier alpha value is -4.05. The molecule has 0 aliphatic carbocycles. The number of nitrogens with one attached hydrogen (secondary N) is 1. The molecule has 1 atom stereocenters. The number of carbonyl (C=O) groups excluding carboxylic acids is 2. The molecule has 0 radical (unpaired) electrons. The summed E-state index contributed by atoms with van der Waals surface area (Å²) in [4.78, 5) is 28.9. The van der Waals surface area contributed by atoms with Crippen LogP contribution in [0.1, 0.15) is 37.8 Å². The minimum atomic E-state index is -4.24. The molecule has 41 heavy (non-hydrogen) atoms. The van der Waals surface area contributed by atoms with Crippen LogP contribution in [-0.2, 0) is 26.2 Å². The molecule has 0 saturated heterocycles. The summed E-state index contributed by atoms with van der Waals surface area (Å²) in [5.41, 5.74) is 2.03. The Morgan fingerprint density at radius 1 is 0.902 bits per heavy atom. The number of para-hydroxylation sites is 2. The SMILES string of the molecule is CCCNC(=O)[C@@H](CC)N(Cc1ccccc1C)C(=O)CN(c1ccccc1OC)S(=O)(=O)c1ccc(OC)cc1. The molecule has 0 unspecified atom stereocenters. The molecule has 9 nitrogen and oxygen atoms in total. The first-order valence-electron chi connectivity index (χ1n) is 13.6. The maximum atomic E-state index is 14.2. The number of amides is 2. The van der Waals surface area contributed by atoms with E-state index in [0.29, 0.717) is 18.7 Å². The number of methoxy groups -OCH3 is 2. The van der Waals surface area contributed by atoms with Crippen LogP contribution in [0.5, 0.6) is 11.5 Å².